The fourth-order valence-corrected chi connectivity index (χ4v) is 6.93. The second-order valence-electron chi connectivity index (χ2n) is 14.5. The molecule has 210 valence electrons. The van der Waals surface area contributed by atoms with Gasteiger partial charge in [0.2, 0.25) is 0 Å². The van der Waals surface area contributed by atoms with E-state index in [1.807, 2.05) is 0 Å². The lowest BCUT2D eigenvalue weighted by molar-refractivity contribution is 0.130. The zero-order valence-corrected chi connectivity index (χ0v) is 27.9. The quantitative estimate of drug-likeness (QED) is 0.151. The van der Waals surface area contributed by atoms with E-state index in [0.29, 0.717) is 18.2 Å². The first-order chi connectivity index (χ1) is 16.1. The van der Waals surface area contributed by atoms with Gasteiger partial charge in [-0.3, -0.25) is 0 Å². The summed E-state index contributed by atoms with van der Waals surface area (Å²) in [5.74, 6) is 0. The van der Waals surface area contributed by atoms with Gasteiger partial charge in [0.15, 0.2) is 16.6 Å². The number of rotatable bonds is 17. The lowest BCUT2D eigenvalue weighted by atomic mass is 10.0. The Morgan fingerprint density at radius 1 is 0.686 bits per heavy atom. The summed E-state index contributed by atoms with van der Waals surface area (Å²) in [5.41, 5.74) is 0. The van der Waals surface area contributed by atoms with Crippen LogP contribution in [0.5, 0.6) is 0 Å². The molecule has 0 aliphatic carbocycles. The largest absolute Gasteiger partial charge is 0.415 e. The fraction of sp³-hybridized carbons (Fsp3) is 1.00. The first-order valence-electron chi connectivity index (χ1n) is 15.2. The monoisotopic (exact) mass is 527 g/mol. The second kappa shape index (κ2) is 15.0. The molecule has 1 saturated heterocycles. The molecule has 0 radical (unpaired) electrons. The fourth-order valence-electron chi connectivity index (χ4n) is 4.53. The molecular weight excluding hydrogens is 463 g/mol. The summed E-state index contributed by atoms with van der Waals surface area (Å²) in [4.78, 5) is 0. The van der Waals surface area contributed by atoms with Crippen LogP contribution in [0.25, 0.3) is 0 Å². The molecule has 0 amide bonds. The van der Waals surface area contributed by atoms with Crippen LogP contribution in [-0.4, -0.2) is 41.4 Å². The predicted molar refractivity (Wildman–Crippen MR) is 162 cm³/mol. The maximum Gasteiger partial charge on any atom is 0.192 e. The standard InChI is InChI=1S/C30H65NO2Si2/c1-12-13-14-15-16-17-18-19-20-21-22-23-26-24-28(33-35(10,11)30(5,6)7)27(31-26)25-32-34(8,9)29(2,3)4/h26-28,31H,12-25H2,1-11H3/t26-,27-,28-/m0/s1. The molecule has 1 fully saturated rings. The molecule has 35 heavy (non-hydrogen) atoms. The van der Waals surface area contributed by atoms with Crippen LogP contribution >= 0.6 is 0 Å². The molecule has 1 heterocycles. The maximum atomic E-state index is 6.98. The number of unbranched alkanes of at least 4 members (excludes halogenated alkanes) is 10. The van der Waals surface area contributed by atoms with Crippen LogP contribution in [-0.2, 0) is 8.85 Å². The van der Waals surface area contributed by atoms with E-state index < -0.39 is 16.6 Å². The highest BCUT2D eigenvalue weighted by atomic mass is 28.4. The molecule has 0 unspecified atom stereocenters. The zero-order valence-electron chi connectivity index (χ0n) is 25.9. The summed E-state index contributed by atoms with van der Waals surface area (Å²) in [6, 6.07) is 0.910. The molecule has 1 aliphatic heterocycles. The first-order valence-corrected chi connectivity index (χ1v) is 21.0. The van der Waals surface area contributed by atoms with Gasteiger partial charge in [-0.05, 0) is 49.1 Å². The zero-order chi connectivity index (χ0) is 26.8. The van der Waals surface area contributed by atoms with Crippen molar-refractivity contribution in [2.75, 3.05) is 6.61 Å². The van der Waals surface area contributed by atoms with E-state index >= 15 is 0 Å². The topological polar surface area (TPSA) is 30.5 Å². The van der Waals surface area contributed by atoms with E-state index in [0.717, 1.165) is 13.0 Å². The van der Waals surface area contributed by atoms with Gasteiger partial charge >= 0.3 is 0 Å². The lowest BCUT2D eigenvalue weighted by Gasteiger charge is -2.41. The molecule has 0 bridgehead atoms. The molecule has 0 aromatic heterocycles. The van der Waals surface area contributed by atoms with Crippen LogP contribution in [0.15, 0.2) is 0 Å². The average Bonchev–Trinajstić information content (AvgIpc) is 3.09. The molecule has 0 saturated carbocycles. The Kier molecular flexibility index (Phi) is 14.3. The molecule has 3 nitrogen and oxygen atoms in total. The minimum Gasteiger partial charge on any atom is -0.415 e. The van der Waals surface area contributed by atoms with Gasteiger partial charge in [0, 0.05) is 6.04 Å². The summed E-state index contributed by atoms with van der Waals surface area (Å²) in [5, 5.41) is 4.46. The highest BCUT2D eigenvalue weighted by Crippen LogP contribution is 2.40. The summed E-state index contributed by atoms with van der Waals surface area (Å²) in [6.07, 6.45) is 18.2. The van der Waals surface area contributed by atoms with E-state index in [4.69, 9.17) is 8.85 Å². The Hall–Kier alpha value is 0.314. The van der Waals surface area contributed by atoms with Crippen molar-refractivity contribution >= 4 is 16.6 Å². The van der Waals surface area contributed by atoms with Gasteiger partial charge < -0.3 is 14.2 Å². The van der Waals surface area contributed by atoms with Gasteiger partial charge in [-0.1, -0.05) is 119 Å². The molecule has 0 aromatic carbocycles. The Labute approximate surface area is 223 Å². The molecule has 1 aliphatic rings. The Morgan fingerprint density at radius 2 is 1.14 bits per heavy atom. The van der Waals surface area contributed by atoms with Crippen LogP contribution < -0.4 is 5.32 Å². The predicted octanol–water partition coefficient (Wildman–Crippen LogP) is 9.83. The van der Waals surface area contributed by atoms with Crippen molar-refractivity contribution in [3.63, 3.8) is 0 Å². The van der Waals surface area contributed by atoms with Gasteiger partial charge in [0.05, 0.1) is 18.8 Å². The van der Waals surface area contributed by atoms with Gasteiger partial charge in [0.25, 0.3) is 0 Å². The molecule has 3 atom stereocenters. The minimum atomic E-state index is -1.80. The molecule has 5 heteroatoms. The molecule has 1 N–H and O–H groups in total. The van der Waals surface area contributed by atoms with Crippen molar-refractivity contribution in [1.82, 2.24) is 5.32 Å². The van der Waals surface area contributed by atoms with Crippen LogP contribution in [0.2, 0.25) is 36.3 Å². The number of hydrogen-bond donors (Lipinski definition) is 1. The van der Waals surface area contributed by atoms with Gasteiger partial charge in [-0.25, -0.2) is 0 Å². The molecule has 0 spiro atoms. The highest BCUT2D eigenvalue weighted by molar-refractivity contribution is 6.74. The second-order valence-corrected chi connectivity index (χ2v) is 24.1. The smallest absolute Gasteiger partial charge is 0.192 e. The molecule has 1 rings (SSSR count). The highest BCUT2D eigenvalue weighted by Gasteiger charge is 2.45. The van der Waals surface area contributed by atoms with Gasteiger partial charge in [-0.15, -0.1) is 0 Å². The van der Waals surface area contributed by atoms with E-state index in [2.05, 4.69) is 80.0 Å². The third kappa shape index (κ3) is 12.1. The van der Waals surface area contributed by atoms with Crippen LogP contribution in [0.1, 0.15) is 132 Å². The van der Waals surface area contributed by atoms with E-state index in [9.17, 15) is 0 Å². The van der Waals surface area contributed by atoms with Crippen LogP contribution in [0.3, 0.4) is 0 Å². The first kappa shape index (κ1) is 33.3. The SMILES string of the molecule is CCCCCCCCCCCCC[C@H]1C[C@H](O[Si](C)(C)C(C)(C)C)[C@H](CO[Si](C)(C)C(C)(C)C)N1. The Morgan fingerprint density at radius 3 is 1.60 bits per heavy atom. The Bertz CT molecular complexity index is 566. The molecule has 0 aromatic rings. The lowest BCUT2D eigenvalue weighted by Crippen LogP contribution is -2.50. The summed E-state index contributed by atoms with van der Waals surface area (Å²) < 4.78 is 13.7. The van der Waals surface area contributed by atoms with Crippen molar-refractivity contribution < 1.29 is 8.85 Å². The van der Waals surface area contributed by atoms with Crippen molar-refractivity contribution in [2.24, 2.45) is 0 Å². The maximum absolute atomic E-state index is 6.98. The number of hydrogen-bond acceptors (Lipinski definition) is 3. The van der Waals surface area contributed by atoms with E-state index in [-0.39, 0.29) is 10.1 Å². The third-order valence-electron chi connectivity index (χ3n) is 9.25. The van der Waals surface area contributed by atoms with Crippen molar-refractivity contribution in [3.05, 3.63) is 0 Å². The van der Waals surface area contributed by atoms with E-state index in [1.54, 1.807) is 0 Å². The summed E-state index contributed by atoms with van der Waals surface area (Å²) in [7, 11) is -3.57. The number of nitrogens with one attached hydrogen (secondary N) is 1. The van der Waals surface area contributed by atoms with Gasteiger partial charge in [-0.2, -0.15) is 0 Å². The normalized spacial score (nSPS) is 22.2. The van der Waals surface area contributed by atoms with Crippen LogP contribution in [0, 0.1) is 0 Å². The van der Waals surface area contributed by atoms with Gasteiger partial charge in [0.1, 0.15) is 0 Å². The summed E-state index contributed by atoms with van der Waals surface area (Å²) >= 11 is 0. The minimum absolute atomic E-state index is 0.242. The average molecular weight is 528 g/mol. The van der Waals surface area contributed by atoms with Crippen molar-refractivity contribution in [1.29, 1.82) is 0 Å². The van der Waals surface area contributed by atoms with Crippen LogP contribution in [0.4, 0.5) is 0 Å². The summed E-state index contributed by atoms with van der Waals surface area (Å²) in [6.45, 7) is 26.7. The third-order valence-corrected chi connectivity index (χ3v) is 18.3. The Balaban J connectivity index is 2.49. The van der Waals surface area contributed by atoms with E-state index in [1.165, 1.54) is 77.0 Å². The molecular formula is C30H65NO2Si2. The van der Waals surface area contributed by atoms with Crippen molar-refractivity contribution in [2.45, 2.75) is 186 Å². The van der Waals surface area contributed by atoms with Crippen molar-refractivity contribution in [3.8, 4) is 0 Å².